The van der Waals surface area contributed by atoms with Crippen molar-refractivity contribution in [2.24, 2.45) is 17.8 Å². The number of hydrogen-bond acceptors (Lipinski definition) is 4. The number of carbonyl (C=O) groups excluding carboxylic acids is 3. The number of rotatable bonds is 4. The Balaban J connectivity index is 1.85. The molecule has 26 heavy (non-hydrogen) atoms. The molecule has 0 aromatic heterocycles. The fourth-order valence-corrected chi connectivity index (χ4v) is 4.86. The lowest BCUT2D eigenvalue weighted by atomic mass is 9.76. The van der Waals surface area contributed by atoms with Gasteiger partial charge in [0.2, 0.25) is 17.7 Å². The molecule has 0 saturated carbocycles. The highest BCUT2D eigenvalue weighted by Gasteiger charge is 2.70. The van der Waals surface area contributed by atoms with Crippen molar-refractivity contribution in [1.82, 2.24) is 10.2 Å². The van der Waals surface area contributed by atoms with Gasteiger partial charge in [-0.05, 0) is 18.4 Å². The molecular weight excluding hydrogens is 330 g/mol. The zero-order chi connectivity index (χ0) is 18.6. The fourth-order valence-electron chi connectivity index (χ4n) is 4.86. The summed E-state index contributed by atoms with van der Waals surface area (Å²) < 4.78 is 0. The Morgan fingerprint density at radius 1 is 1.15 bits per heavy atom. The first-order valence-electron chi connectivity index (χ1n) is 9.47. The number of unbranched alkanes of at least 4 members (excludes halogenated alkanes) is 1. The SMILES string of the molecule is CCCCN1C(=O)[C@@H]2C(C(C)C)NC3(C(=O)Nc4ccccc43)[C@@H]2C1=O. The summed E-state index contributed by atoms with van der Waals surface area (Å²) in [5.41, 5.74) is 0.353. The Bertz CT molecular complexity index is 790. The number of imide groups is 1. The lowest BCUT2D eigenvalue weighted by Crippen LogP contribution is -2.54. The van der Waals surface area contributed by atoms with Crippen LogP contribution in [-0.2, 0) is 19.9 Å². The molecule has 138 valence electrons. The third-order valence-corrected chi connectivity index (χ3v) is 6.10. The van der Waals surface area contributed by atoms with Gasteiger partial charge in [0.15, 0.2) is 0 Å². The van der Waals surface area contributed by atoms with E-state index in [1.807, 2.05) is 45.0 Å². The Morgan fingerprint density at radius 2 is 1.88 bits per heavy atom. The van der Waals surface area contributed by atoms with Crippen LogP contribution in [0.1, 0.15) is 39.2 Å². The monoisotopic (exact) mass is 355 g/mol. The van der Waals surface area contributed by atoms with Crippen molar-refractivity contribution in [2.75, 3.05) is 11.9 Å². The van der Waals surface area contributed by atoms with E-state index in [0.29, 0.717) is 6.54 Å². The van der Waals surface area contributed by atoms with Crippen LogP contribution >= 0.6 is 0 Å². The van der Waals surface area contributed by atoms with Gasteiger partial charge in [0.05, 0.1) is 11.8 Å². The van der Waals surface area contributed by atoms with E-state index in [4.69, 9.17) is 0 Å². The van der Waals surface area contributed by atoms with E-state index in [0.717, 1.165) is 24.1 Å². The molecule has 6 nitrogen and oxygen atoms in total. The molecule has 3 heterocycles. The van der Waals surface area contributed by atoms with Crippen LogP contribution in [0.4, 0.5) is 5.69 Å². The number of fused-ring (bicyclic) bond motifs is 4. The van der Waals surface area contributed by atoms with Gasteiger partial charge in [0.1, 0.15) is 5.54 Å². The van der Waals surface area contributed by atoms with Gasteiger partial charge in [-0.15, -0.1) is 0 Å². The van der Waals surface area contributed by atoms with Crippen LogP contribution in [0.2, 0.25) is 0 Å². The Hall–Kier alpha value is -2.21. The number of hydrogen-bond donors (Lipinski definition) is 2. The van der Waals surface area contributed by atoms with Gasteiger partial charge in [-0.2, -0.15) is 0 Å². The Morgan fingerprint density at radius 3 is 2.58 bits per heavy atom. The van der Waals surface area contributed by atoms with E-state index in [1.165, 1.54) is 4.90 Å². The number of likely N-dealkylation sites (tertiary alicyclic amines) is 1. The standard InChI is InChI=1S/C20H25N3O3/c1-4-5-10-23-17(24)14-15(18(23)25)20(22-16(14)11(2)3)12-8-6-7-9-13(12)21-19(20)26/h6-9,11,14-16,22H,4-5,10H2,1-3H3,(H,21,26)/t14-,15-,16?,20?/m0/s1. The van der Waals surface area contributed by atoms with E-state index in [1.54, 1.807) is 0 Å². The first kappa shape index (κ1) is 17.2. The Kier molecular flexibility index (Phi) is 3.91. The molecule has 3 amide bonds. The second-order valence-electron chi connectivity index (χ2n) is 7.91. The van der Waals surface area contributed by atoms with Gasteiger partial charge < -0.3 is 5.32 Å². The minimum atomic E-state index is -1.15. The number of carbonyl (C=O) groups is 3. The number of nitrogens with one attached hydrogen (secondary N) is 2. The van der Waals surface area contributed by atoms with Crippen LogP contribution in [0.5, 0.6) is 0 Å². The van der Waals surface area contributed by atoms with Crippen molar-refractivity contribution < 1.29 is 14.4 Å². The normalized spacial score (nSPS) is 32.5. The summed E-state index contributed by atoms with van der Waals surface area (Å²) in [6.45, 7) is 6.52. The quantitative estimate of drug-likeness (QED) is 0.808. The Labute approximate surface area is 153 Å². The molecule has 1 aromatic carbocycles. The maximum absolute atomic E-state index is 13.3. The molecule has 1 spiro atoms. The summed E-state index contributed by atoms with van der Waals surface area (Å²) >= 11 is 0. The molecule has 0 aliphatic carbocycles. The largest absolute Gasteiger partial charge is 0.324 e. The minimum absolute atomic E-state index is 0.130. The van der Waals surface area contributed by atoms with E-state index >= 15 is 0 Å². The molecule has 2 fully saturated rings. The maximum Gasteiger partial charge on any atom is 0.250 e. The third kappa shape index (κ3) is 2.05. The average Bonchev–Trinajstić information content (AvgIpc) is 3.20. The van der Waals surface area contributed by atoms with Crippen LogP contribution in [0.3, 0.4) is 0 Å². The van der Waals surface area contributed by atoms with Crippen molar-refractivity contribution in [2.45, 2.75) is 45.2 Å². The van der Waals surface area contributed by atoms with E-state index in [9.17, 15) is 14.4 Å². The molecule has 0 bridgehead atoms. The number of benzene rings is 1. The van der Waals surface area contributed by atoms with Crippen LogP contribution < -0.4 is 10.6 Å². The molecule has 3 aliphatic heterocycles. The van der Waals surface area contributed by atoms with E-state index in [-0.39, 0.29) is 29.7 Å². The second-order valence-corrected chi connectivity index (χ2v) is 7.91. The van der Waals surface area contributed by atoms with Crippen LogP contribution in [-0.4, -0.2) is 35.2 Å². The second kappa shape index (κ2) is 5.91. The van der Waals surface area contributed by atoms with Gasteiger partial charge in [-0.1, -0.05) is 45.4 Å². The van der Waals surface area contributed by atoms with Crippen LogP contribution in [0, 0.1) is 17.8 Å². The molecule has 4 rings (SSSR count). The van der Waals surface area contributed by atoms with Crippen LogP contribution in [0.15, 0.2) is 24.3 Å². The highest BCUT2D eigenvalue weighted by Crippen LogP contribution is 2.53. The van der Waals surface area contributed by atoms with E-state index < -0.39 is 17.4 Å². The van der Waals surface area contributed by atoms with Gasteiger partial charge >= 0.3 is 0 Å². The maximum atomic E-state index is 13.3. The van der Waals surface area contributed by atoms with Crippen LogP contribution in [0.25, 0.3) is 0 Å². The fraction of sp³-hybridized carbons (Fsp3) is 0.550. The molecule has 0 radical (unpaired) electrons. The molecule has 2 unspecified atom stereocenters. The number of para-hydroxylation sites is 1. The predicted octanol–water partition coefficient (Wildman–Crippen LogP) is 1.86. The lowest BCUT2D eigenvalue weighted by molar-refractivity contribution is -0.143. The van der Waals surface area contributed by atoms with Gasteiger partial charge in [-0.25, -0.2) is 0 Å². The number of nitrogens with zero attached hydrogens (tertiary/aromatic N) is 1. The van der Waals surface area contributed by atoms with Gasteiger partial charge in [-0.3, -0.25) is 24.6 Å². The van der Waals surface area contributed by atoms with Crippen molar-refractivity contribution in [3.63, 3.8) is 0 Å². The highest BCUT2D eigenvalue weighted by molar-refractivity contribution is 6.15. The highest BCUT2D eigenvalue weighted by atomic mass is 16.2. The summed E-state index contributed by atoms with van der Waals surface area (Å²) in [7, 11) is 0. The summed E-state index contributed by atoms with van der Waals surface area (Å²) in [6.07, 6.45) is 1.69. The molecule has 2 saturated heterocycles. The predicted molar refractivity (Wildman–Crippen MR) is 97.1 cm³/mol. The topological polar surface area (TPSA) is 78.5 Å². The molecule has 4 atom stereocenters. The summed E-state index contributed by atoms with van der Waals surface area (Å²) in [6, 6.07) is 7.25. The first-order valence-corrected chi connectivity index (χ1v) is 9.47. The zero-order valence-corrected chi connectivity index (χ0v) is 15.4. The smallest absolute Gasteiger partial charge is 0.250 e. The van der Waals surface area contributed by atoms with Crippen molar-refractivity contribution in [3.8, 4) is 0 Å². The van der Waals surface area contributed by atoms with Crippen molar-refractivity contribution in [3.05, 3.63) is 29.8 Å². The number of anilines is 1. The lowest BCUT2D eigenvalue weighted by Gasteiger charge is -2.30. The molecule has 6 heteroatoms. The van der Waals surface area contributed by atoms with Crippen molar-refractivity contribution in [1.29, 1.82) is 0 Å². The molecular formula is C20H25N3O3. The van der Waals surface area contributed by atoms with E-state index in [2.05, 4.69) is 10.6 Å². The minimum Gasteiger partial charge on any atom is -0.324 e. The van der Waals surface area contributed by atoms with Crippen molar-refractivity contribution >= 4 is 23.4 Å². The number of amides is 3. The average molecular weight is 355 g/mol. The molecule has 3 aliphatic rings. The summed E-state index contributed by atoms with van der Waals surface area (Å²) in [5.74, 6) is -1.61. The zero-order valence-electron chi connectivity index (χ0n) is 15.4. The summed E-state index contributed by atoms with van der Waals surface area (Å²) in [5, 5.41) is 6.34. The first-order chi connectivity index (χ1) is 12.4. The van der Waals surface area contributed by atoms with Gasteiger partial charge in [0.25, 0.3) is 0 Å². The van der Waals surface area contributed by atoms with Gasteiger partial charge in [0, 0.05) is 23.8 Å². The molecule has 1 aromatic rings. The summed E-state index contributed by atoms with van der Waals surface area (Å²) in [4.78, 5) is 40.9. The molecule has 2 N–H and O–H groups in total. The third-order valence-electron chi connectivity index (χ3n) is 6.10.